The Hall–Kier alpha value is -3.17. The van der Waals surface area contributed by atoms with Gasteiger partial charge in [0, 0.05) is 25.0 Å². The Labute approximate surface area is 173 Å². The second kappa shape index (κ2) is 6.16. The topological polar surface area (TPSA) is 93.3 Å². The highest BCUT2D eigenvalue weighted by atomic mass is 32.2. The van der Waals surface area contributed by atoms with Crippen LogP contribution in [-0.4, -0.2) is 40.7 Å². The highest BCUT2D eigenvalue weighted by Crippen LogP contribution is 2.44. The molecule has 1 saturated heterocycles. The number of nitrogens with zero attached hydrogens (tertiary/aromatic N) is 4. The molecule has 152 valence electrons. The van der Waals surface area contributed by atoms with Gasteiger partial charge in [-0.3, -0.25) is 0 Å². The molecule has 8 nitrogen and oxygen atoms in total. The fourth-order valence-corrected chi connectivity index (χ4v) is 6.29. The first kappa shape index (κ1) is 17.7. The maximum atomic E-state index is 13.4. The van der Waals surface area contributed by atoms with Crippen molar-refractivity contribution in [1.29, 1.82) is 0 Å². The molecule has 6 rings (SSSR count). The molecule has 2 aliphatic heterocycles. The number of hydrogen-bond donors (Lipinski definition) is 1. The monoisotopic (exact) mass is 421 g/mol. The molecule has 0 saturated carbocycles. The summed E-state index contributed by atoms with van der Waals surface area (Å²) < 4.78 is 35.2. The number of aromatic nitrogens is 3. The number of rotatable bonds is 2. The van der Waals surface area contributed by atoms with Crippen molar-refractivity contribution in [2.75, 3.05) is 18.4 Å². The number of sulfonamides is 1. The minimum atomic E-state index is -3.70. The number of hydrogen-bond acceptors (Lipinski definition) is 6. The van der Waals surface area contributed by atoms with Gasteiger partial charge >= 0.3 is 0 Å². The zero-order chi connectivity index (χ0) is 20.3. The normalized spacial score (nSPS) is 18.1. The lowest BCUT2D eigenvalue weighted by molar-refractivity contribution is 0.247. The van der Waals surface area contributed by atoms with Gasteiger partial charge in [-0.2, -0.15) is 4.31 Å². The number of nitrogens with one attached hydrogen (secondary N) is 1. The third-order valence-electron chi connectivity index (χ3n) is 6.22. The Morgan fingerprint density at radius 1 is 0.967 bits per heavy atom. The molecule has 4 aromatic rings. The van der Waals surface area contributed by atoms with Crippen molar-refractivity contribution >= 4 is 26.7 Å². The number of para-hydroxylation sites is 2. The van der Waals surface area contributed by atoms with Crippen LogP contribution in [0.4, 0.5) is 5.69 Å². The number of anilines is 1. The summed E-state index contributed by atoms with van der Waals surface area (Å²) in [5.74, 6) is 0. The first-order chi connectivity index (χ1) is 14.6. The van der Waals surface area contributed by atoms with Gasteiger partial charge in [0.15, 0.2) is 5.52 Å². The van der Waals surface area contributed by atoms with Crippen LogP contribution in [0.1, 0.15) is 18.5 Å². The van der Waals surface area contributed by atoms with E-state index in [2.05, 4.69) is 44.6 Å². The van der Waals surface area contributed by atoms with E-state index in [9.17, 15) is 8.42 Å². The molecule has 0 aliphatic carbocycles. The molecule has 2 aliphatic rings. The summed E-state index contributed by atoms with van der Waals surface area (Å²) >= 11 is 0. The van der Waals surface area contributed by atoms with Crippen LogP contribution in [0.2, 0.25) is 0 Å². The summed E-state index contributed by atoms with van der Waals surface area (Å²) in [6, 6.07) is 17.3. The Morgan fingerprint density at radius 3 is 2.67 bits per heavy atom. The van der Waals surface area contributed by atoms with E-state index in [4.69, 9.17) is 4.63 Å². The van der Waals surface area contributed by atoms with Gasteiger partial charge < -0.3 is 9.88 Å². The molecule has 2 aromatic carbocycles. The number of benzene rings is 2. The van der Waals surface area contributed by atoms with E-state index < -0.39 is 10.0 Å². The van der Waals surface area contributed by atoms with Crippen LogP contribution in [-0.2, 0) is 15.6 Å². The van der Waals surface area contributed by atoms with Crippen molar-refractivity contribution in [3.05, 3.63) is 66.5 Å². The third kappa shape index (κ3) is 2.39. The summed E-state index contributed by atoms with van der Waals surface area (Å²) in [7, 11) is -3.70. The lowest BCUT2D eigenvalue weighted by Crippen LogP contribution is -2.51. The van der Waals surface area contributed by atoms with Crippen LogP contribution in [0.3, 0.4) is 0 Å². The Balaban J connectivity index is 1.34. The predicted molar refractivity (Wildman–Crippen MR) is 111 cm³/mol. The minimum absolute atomic E-state index is 0.141. The molecule has 1 spiro atoms. The van der Waals surface area contributed by atoms with Gasteiger partial charge in [0.2, 0.25) is 10.0 Å². The summed E-state index contributed by atoms with van der Waals surface area (Å²) in [4.78, 5) is 0.141. The van der Waals surface area contributed by atoms with Gasteiger partial charge in [-0.25, -0.2) is 13.0 Å². The molecule has 30 heavy (non-hydrogen) atoms. The van der Waals surface area contributed by atoms with E-state index in [1.54, 1.807) is 18.2 Å². The molecular formula is C21H19N5O3S. The second-order valence-corrected chi connectivity index (χ2v) is 9.69. The van der Waals surface area contributed by atoms with Crippen LogP contribution in [0.5, 0.6) is 0 Å². The quantitative estimate of drug-likeness (QED) is 0.535. The van der Waals surface area contributed by atoms with Gasteiger partial charge in [-0.1, -0.05) is 18.2 Å². The average molecular weight is 421 g/mol. The molecule has 9 heteroatoms. The van der Waals surface area contributed by atoms with Gasteiger partial charge in [0.1, 0.15) is 10.4 Å². The van der Waals surface area contributed by atoms with Crippen LogP contribution >= 0.6 is 0 Å². The molecule has 0 unspecified atom stereocenters. The summed E-state index contributed by atoms with van der Waals surface area (Å²) in [6.45, 7) is 0.814. The van der Waals surface area contributed by atoms with Gasteiger partial charge in [0.25, 0.3) is 0 Å². The average Bonchev–Trinajstić information content (AvgIpc) is 3.44. The van der Waals surface area contributed by atoms with E-state index in [-0.39, 0.29) is 16.0 Å². The smallest absolute Gasteiger partial charge is 0.245 e. The third-order valence-corrected chi connectivity index (χ3v) is 8.15. The molecule has 0 radical (unpaired) electrons. The summed E-state index contributed by atoms with van der Waals surface area (Å²) in [6.07, 6.45) is 3.40. The largest absolute Gasteiger partial charge is 0.372 e. The SMILES string of the molecule is O=S(=O)(c1cccc2nonc12)N1CCC2(CC1)Nc1ccccc1-n1cccc12. The maximum Gasteiger partial charge on any atom is 0.245 e. The van der Waals surface area contributed by atoms with Gasteiger partial charge in [0.05, 0.1) is 16.9 Å². The van der Waals surface area contributed by atoms with Crippen molar-refractivity contribution in [2.24, 2.45) is 0 Å². The van der Waals surface area contributed by atoms with Crippen LogP contribution in [0.15, 0.2) is 70.3 Å². The minimum Gasteiger partial charge on any atom is -0.372 e. The Kier molecular flexibility index (Phi) is 3.63. The van der Waals surface area contributed by atoms with E-state index in [1.165, 1.54) is 10.00 Å². The van der Waals surface area contributed by atoms with Crippen LogP contribution < -0.4 is 5.32 Å². The number of fused-ring (bicyclic) bond motifs is 5. The molecule has 0 atom stereocenters. The molecule has 1 fully saturated rings. The van der Waals surface area contributed by atoms with Crippen LogP contribution in [0.25, 0.3) is 16.7 Å². The Bertz CT molecular complexity index is 1370. The van der Waals surface area contributed by atoms with Crippen molar-refractivity contribution in [2.45, 2.75) is 23.3 Å². The molecular weight excluding hydrogens is 402 g/mol. The van der Waals surface area contributed by atoms with E-state index in [0.29, 0.717) is 31.4 Å². The van der Waals surface area contributed by atoms with Gasteiger partial charge in [-0.15, -0.1) is 0 Å². The molecule has 0 amide bonds. The fourth-order valence-electron chi connectivity index (χ4n) is 4.71. The van der Waals surface area contributed by atoms with E-state index in [0.717, 1.165) is 11.4 Å². The molecule has 2 aromatic heterocycles. The van der Waals surface area contributed by atoms with Crippen molar-refractivity contribution in [1.82, 2.24) is 19.2 Å². The van der Waals surface area contributed by atoms with E-state index >= 15 is 0 Å². The van der Waals surface area contributed by atoms with Crippen LogP contribution in [0, 0.1) is 0 Å². The lowest BCUT2D eigenvalue weighted by Gasteiger charge is -2.45. The van der Waals surface area contributed by atoms with Gasteiger partial charge in [-0.05, 0) is 59.6 Å². The predicted octanol–water partition coefficient (Wildman–Crippen LogP) is 3.12. The standard InChI is InChI=1S/C21H19N5O3S/c27-30(28,18-8-3-6-16-20(18)24-29-23-16)25-13-10-21(11-14-25)19-9-4-12-26(19)17-7-2-1-5-15(17)22-21/h1-9,12,22H,10-11,13-14H2. The Morgan fingerprint density at radius 2 is 1.80 bits per heavy atom. The molecule has 1 N–H and O–H groups in total. The zero-order valence-electron chi connectivity index (χ0n) is 16.0. The highest BCUT2D eigenvalue weighted by molar-refractivity contribution is 7.89. The fraction of sp³-hybridized carbons (Fsp3) is 0.238. The summed E-state index contributed by atoms with van der Waals surface area (Å²) in [5, 5.41) is 11.3. The highest BCUT2D eigenvalue weighted by Gasteiger charge is 2.44. The van der Waals surface area contributed by atoms with E-state index in [1.807, 2.05) is 18.2 Å². The molecule has 4 heterocycles. The first-order valence-electron chi connectivity index (χ1n) is 9.85. The summed E-state index contributed by atoms with van der Waals surface area (Å²) in [5.41, 5.74) is 3.76. The molecule has 0 bridgehead atoms. The lowest BCUT2D eigenvalue weighted by atomic mass is 9.83. The number of piperidine rings is 1. The van der Waals surface area contributed by atoms with Crippen molar-refractivity contribution < 1.29 is 13.0 Å². The maximum absolute atomic E-state index is 13.4. The van der Waals surface area contributed by atoms with Crippen molar-refractivity contribution in [3.8, 4) is 5.69 Å². The van der Waals surface area contributed by atoms with Crippen molar-refractivity contribution in [3.63, 3.8) is 0 Å². The zero-order valence-corrected chi connectivity index (χ0v) is 16.8. The second-order valence-electron chi connectivity index (χ2n) is 7.78. The first-order valence-corrected chi connectivity index (χ1v) is 11.3.